The van der Waals surface area contributed by atoms with Crippen molar-refractivity contribution < 1.29 is 32.6 Å². The molecule has 0 aliphatic carbocycles. The van der Waals surface area contributed by atoms with Crippen LogP contribution in [0.25, 0.3) is 11.5 Å². The minimum Gasteiger partial charge on any atom is -0.413 e. The Morgan fingerprint density at radius 2 is 1.94 bits per heavy atom. The molecule has 2 aromatic heterocycles. The van der Waals surface area contributed by atoms with Crippen molar-refractivity contribution >= 4 is 0 Å². The first-order valence-corrected chi connectivity index (χ1v) is 3.93. The summed E-state index contributed by atoms with van der Waals surface area (Å²) in [6, 6.07) is 4.79. The monoisotopic (exact) mass is 315 g/mol. The zero-order chi connectivity index (χ0) is 10.9. The van der Waals surface area contributed by atoms with Crippen molar-refractivity contribution in [2.75, 3.05) is 0 Å². The molecule has 0 saturated carbocycles. The summed E-state index contributed by atoms with van der Waals surface area (Å²) < 4.78 is 36.4. The molecule has 0 atom stereocenters. The molecule has 85 valence electrons. The van der Waals surface area contributed by atoms with Gasteiger partial charge in [-0.15, -0.1) is 0 Å². The largest absolute Gasteiger partial charge is 1.00 e. The van der Waals surface area contributed by atoms with Gasteiger partial charge in [0.15, 0.2) is 0 Å². The smallest absolute Gasteiger partial charge is 0.413 e. The minimum absolute atomic E-state index is 0. The SMILES string of the molecule is FC(F)(F)c1n[n-]c(-c2ccccn2)n1.[Ru+]. The molecule has 0 aliphatic heterocycles. The van der Waals surface area contributed by atoms with Crippen molar-refractivity contribution in [1.82, 2.24) is 20.2 Å². The molecule has 0 aliphatic rings. The first kappa shape index (κ1) is 12.8. The number of aromatic nitrogens is 4. The van der Waals surface area contributed by atoms with Gasteiger partial charge >= 0.3 is 25.7 Å². The molecular formula is C8H4F3N4Ru. The molecule has 4 nitrogen and oxygen atoms in total. The predicted octanol–water partition coefficient (Wildman–Crippen LogP) is 1.51. The van der Waals surface area contributed by atoms with Gasteiger partial charge in [0.25, 0.3) is 0 Å². The van der Waals surface area contributed by atoms with Crippen LogP contribution in [0.3, 0.4) is 0 Å². The van der Waals surface area contributed by atoms with Crippen molar-refractivity contribution in [3.05, 3.63) is 30.2 Å². The quantitative estimate of drug-likeness (QED) is 0.749. The second kappa shape index (κ2) is 4.69. The molecule has 0 fully saturated rings. The molecule has 0 spiro atoms. The summed E-state index contributed by atoms with van der Waals surface area (Å²) in [5.41, 5.74) is 0.264. The summed E-state index contributed by atoms with van der Waals surface area (Å²) >= 11 is 0. The van der Waals surface area contributed by atoms with Crippen molar-refractivity contribution in [3.63, 3.8) is 0 Å². The van der Waals surface area contributed by atoms with Crippen LogP contribution < -0.4 is 5.10 Å². The van der Waals surface area contributed by atoms with Crippen LogP contribution in [-0.2, 0) is 25.7 Å². The van der Waals surface area contributed by atoms with Gasteiger partial charge in [0.2, 0.25) is 0 Å². The number of hydrogen-bond donors (Lipinski definition) is 0. The van der Waals surface area contributed by atoms with Gasteiger partial charge in [-0.05, 0) is 18.0 Å². The van der Waals surface area contributed by atoms with Crippen LogP contribution in [0.1, 0.15) is 5.82 Å². The van der Waals surface area contributed by atoms with E-state index in [1.54, 1.807) is 12.1 Å². The fourth-order valence-electron chi connectivity index (χ4n) is 0.963. The van der Waals surface area contributed by atoms with Crippen molar-refractivity contribution in [2.45, 2.75) is 6.18 Å². The third kappa shape index (κ3) is 2.63. The van der Waals surface area contributed by atoms with Crippen molar-refractivity contribution in [1.29, 1.82) is 0 Å². The Kier molecular flexibility index (Phi) is 3.75. The van der Waals surface area contributed by atoms with Gasteiger partial charge in [0.05, 0.1) is 5.69 Å². The molecule has 1 radical (unpaired) electrons. The Morgan fingerprint density at radius 1 is 1.19 bits per heavy atom. The van der Waals surface area contributed by atoms with Crippen LogP contribution in [0.2, 0.25) is 0 Å². The zero-order valence-corrected chi connectivity index (χ0v) is 9.32. The standard InChI is InChI=1S/C8H4F3N4.Ru/c9-8(10,11)7-13-6(14-15-7)5-3-1-2-4-12-5;/h1-4H;/q-1;+1. The van der Waals surface area contributed by atoms with Crippen LogP contribution >= 0.6 is 0 Å². The van der Waals surface area contributed by atoms with Gasteiger partial charge in [0.1, 0.15) is 5.82 Å². The van der Waals surface area contributed by atoms with Gasteiger partial charge in [-0.3, -0.25) is 10.1 Å². The molecule has 2 heterocycles. The zero-order valence-electron chi connectivity index (χ0n) is 7.59. The van der Waals surface area contributed by atoms with Gasteiger partial charge in [-0.25, -0.2) is 0 Å². The molecule has 0 aromatic carbocycles. The second-order valence-electron chi connectivity index (χ2n) is 2.67. The molecule has 0 saturated heterocycles. The Bertz CT molecular complexity index is 454. The molecule has 0 bridgehead atoms. The van der Waals surface area contributed by atoms with Crippen molar-refractivity contribution in [2.24, 2.45) is 0 Å². The molecule has 16 heavy (non-hydrogen) atoms. The number of hydrogen-bond acceptors (Lipinski definition) is 3. The maximum Gasteiger partial charge on any atom is 1.00 e. The fourth-order valence-corrected chi connectivity index (χ4v) is 0.963. The van der Waals surface area contributed by atoms with E-state index in [4.69, 9.17) is 0 Å². The van der Waals surface area contributed by atoms with E-state index < -0.39 is 12.0 Å². The number of halogens is 3. The van der Waals surface area contributed by atoms with Crippen LogP contribution in [0.4, 0.5) is 13.2 Å². The normalized spacial score (nSPS) is 10.9. The predicted molar refractivity (Wildman–Crippen MR) is 43.6 cm³/mol. The molecule has 2 rings (SSSR count). The molecule has 8 heteroatoms. The minimum atomic E-state index is -4.57. The van der Waals surface area contributed by atoms with E-state index in [1.807, 2.05) is 0 Å². The fraction of sp³-hybridized carbons (Fsp3) is 0.125. The van der Waals surface area contributed by atoms with Gasteiger partial charge in [0, 0.05) is 6.20 Å². The third-order valence-corrected chi connectivity index (χ3v) is 1.60. The maximum atomic E-state index is 12.1. The number of rotatable bonds is 1. The summed E-state index contributed by atoms with van der Waals surface area (Å²) in [6.45, 7) is 0. The summed E-state index contributed by atoms with van der Waals surface area (Å²) in [7, 11) is 0. The van der Waals surface area contributed by atoms with Crippen LogP contribution in [0.5, 0.6) is 0 Å². The molecule has 0 N–H and O–H groups in total. The first-order valence-electron chi connectivity index (χ1n) is 3.93. The number of alkyl halides is 3. The van der Waals surface area contributed by atoms with Gasteiger partial charge in [-0.2, -0.15) is 13.2 Å². The van der Waals surface area contributed by atoms with Crippen molar-refractivity contribution in [3.8, 4) is 11.5 Å². The van der Waals surface area contributed by atoms with Gasteiger partial charge < -0.3 is 10.1 Å². The molecule has 0 unspecified atom stereocenters. The molecular weight excluding hydrogens is 310 g/mol. The Balaban J connectivity index is 0.00000128. The van der Waals surface area contributed by atoms with E-state index >= 15 is 0 Å². The third-order valence-electron chi connectivity index (χ3n) is 1.60. The van der Waals surface area contributed by atoms with E-state index in [9.17, 15) is 13.2 Å². The van der Waals surface area contributed by atoms with Gasteiger partial charge in [-0.1, -0.05) is 6.07 Å². The molecule has 2 aromatic rings. The molecule has 0 amide bonds. The van der Waals surface area contributed by atoms with Crippen LogP contribution in [0, 0.1) is 0 Å². The van der Waals surface area contributed by atoms with E-state index in [2.05, 4.69) is 20.2 Å². The Morgan fingerprint density at radius 3 is 2.44 bits per heavy atom. The average Bonchev–Trinajstić information content (AvgIpc) is 2.67. The summed E-state index contributed by atoms with van der Waals surface area (Å²) in [4.78, 5) is 7.05. The summed E-state index contributed by atoms with van der Waals surface area (Å²) in [5, 5.41) is 6.25. The first-order chi connectivity index (χ1) is 7.07. The second-order valence-corrected chi connectivity index (χ2v) is 2.67. The van der Waals surface area contributed by atoms with E-state index in [-0.39, 0.29) is 31.0 Å². The van der Waals surface area contributed by atoms with E-state index in [0.717, 1.165) is 0 Å². The Labute approximate surface area is 101 Å². The Hall–Kier alpha value is -1.30. The van der Waals surface area contributed by atoms with E-state index in [1.165, 1.54) is 12.3 Å². The maximum absolute atomic E-state index is 12.1. The summed E-state index contributed by atoms with van der Waals surface area (Å²) in [6.07, 6.45) is -3.13. The number of nitrogens with zero attached hydrogens (tertiary/aromatic N) is 4. The topological polar surface area (TPSA) is 52.8 Å². The summed E-state index contributed by atoms with van der Waals surface area (Å²) in [5.74, 6) is -1.37. The van der Waals surface area contributed by atoms with E-state index in [0.29, 0.717) is 0 Å². The average molecular weight is 314 g/mol. The van der Waals surface area contributed by atoms with Crippen LogP contribution in [-0.4, -0.2) is 15.1 Å². The number of pyridine rings is 1. The van der Waals surface area contributed by atoms with Crippen LogP contribution in [0.15, 0.2) is 24.4 Å².